The standard InChI is InChI=1S/C24H20Cl2IN3O2/c25-17-7-5-16(6-8-17)24(32)30-13-11-29(12-14-30)22-4-2-1-3-21(22)28-23(31)19-15-18(27)9-10-20(19)26/h1-10,15H,11-14H2,(H,28,31). The quantitative estimate of drug-likeness (QED) is 0.397. The maximum atomic E-state index is 12.9. The lowest BCUT2D eigenvalue weighted by Gasteiger charge is -2.37. The Morgan fingerprint density at radius 3 is 2.28 bits per heavy atom. The second-order valence-electron chi connectivity index (χ2n) is 7.38. The first kappa shape index (κ1) is 22.9. The highest BCUT2D eigenvalue weighted by Gasteiger charge is 2.24. The minimum Gasteiger partial charge on any atom is -0.366 e. The van der Waals surface area contributed by atoms with Crippen molar-refractivity contribution < 1.29 is 9.59 Å². The molecule has 0 radical (unpaired) electrons. The predicted molar refractivity (Wildman–Crippen MR) is 138 cm³/mol. The van der Waals surface area contributed by atoms with Gasteiger partial charge >= 0.3 is 0 Å². The van der Waals surface area contributed by atoms with Gasteiger partial charge in [0.15, 0.2) is 0 Å². The van der Waals surface area contributed by atoms with Gasteiger partial charge in [-0.05, 0) is 77.2 Å². The number of para-hydroxylation sites is 2. The first-order chi connectivity index (χ1) is 15.4. The van der Waals surface area contributed by atoms with Gasteiger partial charge in [0.2, 0.25) is 0 Å². The van der Waals surface area contributed by atoms with E-state index in [9.17, 15) is 9.59 Å². The van der Waals surface area contributed by atoms with E-state index in [0.29, 0.717) is 53.0 Å². The molecule has 4 rings (SSSR count). The van der Waals surface area contributed by atoms with Crippen LogP contribution in [0.15, 0.2) is 66.7 Å². The molecule has 2 amide bonds. The van der Waals surface area contributed by atoms with Gasteiger partial charge < -0.3 is 15.1 Å². The van der Waals surface area contributed by atoms with Crippen LogP contribution >= 0.6 is 45.8 Å². The lowest BCUT2D eigenvalue weighted by Crippen LogP contribution is -2.49. The summed E-state index contributed by atoms with van der Waals surface area (Å²) in [5.74, 6) is -0.256. The van der Waals surface area contributed by atoms with Crippen LogP contribution in [0, 0.1) is 3.57 Å². The van der Waals surface area contributed by atoms with Crippen LogP contribution in [0.2, 0.25) is 10.0 Å². The van der Waals surface area contributed by atoms with Crippen molar-refractivity contribution in [2.75, 3.05) is 36.4 Å². The highest BCUT2D eigenvalue weighted by Crippen LogP contribution is 2.28. The van der Waals surface area contributed by atoms with Gasteiger partial charge in [-0.25, -0.2) is 0 Å². The molecule has 1 N–H and O–H groups in total. The molecule has 32 heavy (non-hydrogen) atoms. The van der Waals surface area contributed by atoms with Gasteiger partial charge in [0, 0.05) is 40.3 Å². The number of nitrogens with zero attached hydrogens (tertiary/aromatic N) is 2. The van der Waals surface area contributed by atoms with E-state index in [1.165, 1.54) is 0 Å². The van der Waals surface area contributed by atoms with Crippen LogP contribution in [0.3, 0.4) is 0 Å². The molecule has 0 spiro atoms. The Labute approximate surface area is 210 Å². The van der Waals surface area contributed by atoms with E-state index in [1.807, 2.05) is 35.2 Å². The first-order valence-corrected chi connectivity index (χ1v) is 11.9. The number of rotatable bonds is 4. The van der Waals surface area contributed by atoms with Gasteiger partial charge in [-0.3, -0.25) is 9.59 Å². The van der Waals surface area contributed by atoms with Crippen LogP contribution < -0.4 is 10.2 Å². The molecule has 5 nitrogen and oxygen atoms in total. The molecule has 0 aromatic heterocycles. The SMILES string of the molecule is O=C(Nc1ccccc1N1CCN(C(=O)c2ccc(Cl)cc2)CC1)c1cc(I)ccc1Cl. The zero-order chi connectivity index (χ0) is 22.7. The molecule has 3 aromatic carbocycles. The van der Waals surface area contributed by atoms with E-state index >= 15 is 0 Å². The van der Waals surface area contributed by atoms with Crippen LogP contribution in [-0.2, 0) is 0 Å². The molecule has 0 bridgehead atoms. The molecule has 8 heteroatoms. The third-order valence-corrected chi connectivity index (χ3v) is 6.58. The minimum absolute atomic E-state index is 0.00349. The third-order valence-electron chi connectivity index (χ3n) is 5.32. The Bertz CT molecular complexity index is 1150. The van der Waals surface area contributed by atoms with Crippen molar-refractivity contribution >= 4 is 69.0 Å². The summed E-state index contributed by atoms with van der Waals surface area (Å²) in [5, 5.41) is 4.02. The maximum Gasteiger partial charge on any atom is 0.257 e. The van der Waals surface area contributed by atoms with Crippen LogP contribution in [0.25, 0.3) is 0 Å². The van der Waals surface area contributed by atoms with E-state index in [0.717, 1.165) is 9.26 Å². The van der Waals surface area contributed by atoms with Crippen LogP contribution in [0.1, 0.15) is 20.7 Å². The number of anilines is 2. The van der Waals surface area contributed by atoms with Gasteiger partial charge in [0.25, 0.3) is 11.8 Å². The van der Waals surface area contributed by atoms with E-state index in [-0.39, 0.29) is 11.8 Å². The normalized spacial score (nSPS) is 13.7. The molecule has 0 unspecified atom stereocenters. The number of piperazine rings is 1. The molecule has 3 aromatic rings. The van der Waals surface area contributed by atoms with Gasteiger partial charge in [-0.1, -0.05) is 35.3 Å². The predicted octanol–water partition coefficient (Wildman–Crippen LogP) is 5.81. The number of hydrogen-bond donors (Lipinski definition) is 1. The van der Waals surface area contributed by atoms with Crippen LogP contribution in [-0.4, -0.2) is 42.9 Å². The summed E-state index contributed by atoms with van der Waals surface area (Å²) in [6, 6.07) is 20.0. The molecule has 1 fully saturated rings. The molecular weight excluding hydrogens is 560 g/mol. The fraction of sp³-hybridized carbons (Fsp3) is 0.167. The van der Waals surface area contributed by atoms with Crippen molar-refractivity contribution in [1.82, 2.24) is 4.90 Å². The van der Waals surface area contributed by atoms with E-state index in [4.69, 9.17) is 23.2 Å². The second-order valence-corrected chi connectivity index (χ2v) is 9.47. The molecular formula is C24H20Cl2IN3O2. The number of carbonyl (C=O) groups excluding carboxylic acids is 2. The average Bonchev–Trinajstić information content (AvgIpc) is 2.81. The van der Waals surface area contributed by atoms with Crippen molar-refractivity contribution in [3.63, 3.8) is 0 Å². The van der Waals surface area contributed by atoms with Gasteiger partial charge in [-0.15, -0.1) is 0 Å². The number of amides is 2. The smallest absolute Gasteiger partial charge is 0.257 e. The Morgan fingerprint density at radius 2 is 1.56 bits per heavy atom. The molecule has 164 valence electrons. The number of carbonyl (C=O) groups is 2. The molecule has 0 saturated carbocycles. The third kappa shape index (κ3) is 5.19. The summed E-state index contributed by atoms with van der Waals surface area (Å²) >= 11 is 14.3. The zero-order valence-corrected chi connectivity index (χ0v) is 20.7. The molecule has 1 aliphatic heterocycles. The Morgan fingerprint density at radius 1 is 0.875 bits per heavy atom. The van der Waals surface area contributed by atoms with Gasteiger partial charge in [-0.2, -0.15) is 0 Å². The van der Waals surface area contributed by atoms with Crippen molar-refractivity contribution in [3.05, 3.63) is 91.5 Å². The molecule has 0 aliphatic carbocycles. The zero-order valence-electron chi connectivity index (χ0n) is 17.0. The molecule has 1 aliphatic rings. The number of benzene rings is 3. The molecule has 0 atom stereocenters. The summed E-state index contributed by atoms with van der Waals surface area (Å²) in [4.78, 5) is 29.7. The lowest BCUT2D eigenvalue weighted by atomic mass is 10.1. The highest BCUT2D eigenvalue weighted by molar-refractivity contribution is 14.1. The molecule has 1 saturated heterocycles. The van der Waals surface area contributed by atoms with E-state index in [1.54, 1.807) is 36.4 Å². The Balaban J connectivity index is 1.45. The monoisotopic (exact) mass is 579 g/mol. The Hall–Kier alpha value is -2.29. The topological polar surface area (TPSA) is 52.7 Å². The second kappa shape index (κ2) is 10.1. The van der Waals surface area contributed by atoms with Crippen molar-refractivity contribution in [2.24, 2.45) is 0 Å². The van der Waals surface area contributed by atoms with Crippen molar-refractivity contribution in [3.8, 4) is 0 Å². The van der Waals surface area contributed by atoms with E-state index in [2.05, 4.69) is 32.8 Å². The summed E-state index contributed by atoms with van der Waals surface area (Å²) in [7, 11) is 0. The maximum absolute atomic E-state index is 12.9. The van der Waals surface area contributed by atoms with E-state index < -0.39 is 0 Å². The highest BCUT2D eigenvalue weighted by atomic mass is 127. The minimum atomic E-state index is -0.252. The van der Waals surface area contributed by atoms with Crippen LogP contribution in [0.4, 0.5) is 11.4 Å². The summed E-state index contributed by atoms with van der Waals surface area (Å²) in [6.45, 7) is 2.51. The number of hydrogen-bond acceptors (Lipinski definition) is 3. The van der Waals surface area contributed by atoms with Crippen LogP contribution in [0.5, 0.6) is 0 Å². The fourth-order valence-corrected chi connectivity index (χ4v) is 4.46. The van der Waals surface area contributed by atoms with Crippen molar-refractivity contribution in [2.45, 2.75) is 0 Å². The Kier molecular flexibility index (Phi) is 7.23. The number of nitrogens with one attached hydrogen (secondary N) is 1. The first-order valence-electron chi connectivity index (χ1n) is 10.1. The lowest BCUT2D eigenvalue weighted by molar-refractivity contribution is 0.0746. The largest absolute Gasteiger partial charge is 0.366 e. The summed E-state index contributed by atoms with van der Waals surface area (Å²) < 4.78 is 0.937. The summed E-state index contributed by atoms with van der Waals surface area (Å²) in [5.41, 5.74) is 2.70. The van der Waals surface area contributed by atoms with Gasteiger partial charge in [0.05, 0.1) is 22.0 Å². The fourth-order valence-electron chi connectivity index (χ4n) is 3.64. The summed E-state index contributed by atoms with van der Waals surface area (Å²) in [6.07, 6.45) is 0. The molecule has 1 heterocycles. The number of halogens is 3. The van der Waals surface area contributed by atoms with Crippen molar-refractivity contribution in [1.29, 1.82) is 0 Å². The average molecular weight is 580 g/mol. The van der Waals surface area contributed by atoms with Gasteiger partial charge in [0.1, 0.15) is 0 Å².